The number of pyridine rings is 1. The first kappa shape index (κ1) is 20.9. The Labute approximate surface area is 183 Å². The van der Waals surface area contributed by atoms with E-state index in [0.29, 0.717) is 23.7 Å². The van der Waals surface area contributed by atoms with Crippen molar-refractivity contribution in [1.29, 1.82) is 0 Å². The standard InChI is InChI=1S/C26H28N2O3/c1-18(21-8-7-20-5-3-4-6-22(20)15-21)28-26(29)23-9-10-24(30-2)25(16-23)31-17-19-11-13-27-14-12-19/h7-16,18H,3-6,17H2,1-2H3,(H,28,29)/t18-/m0/s1. The van der Waals surface area contributed by atoms with Gasteiger partial charge in [-0.1, -0.05) is 18.2 Å². The molecule has 1 aliphatic carbocycles. The minimum atomic E-state index is -0.137. The number of nitrogens with one attached hydrogen (secondary N) is 1. The van der Waals surface area contributed by atoms with Gasteiger partial charge in [0, 0.05) is 18.0 Å². The van der Waals surface area contributed by atoms with E-state index < -0.39 is 0 Å². The van der Waals surface area contributed by atoms with E-state index in [1.165, 1.54) is 24.0 Å². The number of rotatable bonds is 7. The van der Waals surface area contributed by atoms with Gasteiger partial charge < -0.3 is 14.8 Å². The summed E-state index contributed by atoms with van der Waals surface area (Å²) in [5.74, 6) is 0.989. The molecule has 0 spiro atoms. The normalized spacial score (nSPS) is 13.7. The zero-order chi connectivity index (χ0) is 21.6. The lowest BCUT2D eigenvalue weighted by Crippen LogP contribution is -2.27. The third kappa shape index (κ3) is 5.05. The zero-order valence-corrected chi connectivity index (χ0v) is 18.1. The third-order valence-electron chi connectivity index (χ3n) is 5.79. The lowest BCUT2D eigenvalue weighted by molar-refractivity contribution is 0.0939. The fourth-order valence-corrected chi connectivity index (χ4v) is 3.96. The summed E-state index contributed by atoms with van der Waals surface area (Å²) in [5.41, 5.74) is 5.53. The second-order valence-corrected chi connectivity index (χ2v) is 7.94. The van der Waals surface area contributed by atoms with Gasteiger partial charge >= 0.3 is 0 Å². The number of carbonyl (C=O) groups is 1. The number of nitrogens with zero attached hydrogens (tertiary/aromatic N) is 1. The maximum Gasteiger partial charge on any atom is 0.251 e. The van der Waals surface area contributed by atoms with E-state index in [-0.39, 0.29) is 11.9 Å². The fourth-order valence-electron chi connectivity index (χ4n) is 3.96. The molecule has 0 saturated carbocycles. The van der Waals surface area contributed by atoms with Crippen LogP contribution in [0.5, 0.6) is 11.5 Å². The highest BCUT2D eigenvalue weighted by atomic mass is 16.5. The predicted molar refractivity (Wildman–Crippen MR) is 121 cm³/mol. The molecule has 1 aliphatic rings. The smallest absolute Gasteiger partial charge is 0.251 e. The molecular weight excluding hydrogens is 388 g/mol. The van der Waals surface area contributed by atoms with Crippen LogP contribution in [0, 0.1) is 0 Å². The SMILES string of the molecule is COc1ccc(C(=O)N[C@@H](C)c2ccc3c(c2)CCCC3)cc1OCc1ccncc1. The molecule has 0 aliphatic heterocycles. The maximum atomic E-state index is 12.9. The molecule has 1 amide bonds. The molecule has 4 rings (SSSR count). The van der Waals surface area contributed by atoms with Gasteiger partial charge in [0.15, 0.2) is 11.5 Å². The largest absolute Gasteiger partial charge is 0.493 e. The number of ether oxygens (including phenoxy) is 2. The van der Waals surface area contributed by atoms with Gasteiger partial charge in [0.2, 0.25) is 0 Å². The molecule has 0 radical (unpaired) electrons. The molecule has 0 bridgehead atoms. The number of methoxy groups -OCH3 is 1. The van der Waals surface area contributed by atoms with Crippen molar-refractivity contribution in [1.82, 2.24) is 10.3 Å². The number of aryl methyl sites for hydroxylation is 2. The van der Waals surface area contributed by atoms with Crippen LogP contribution in [0.3, 0.4) is 0 Å². The molecule has 0 fully saturated rings. The first-order chi connectivity index (χ1) is 15.1. The predicted octanol–water partition coefficient (Wildman–Crippen LogP) is 5.04. The van der Waals surface area contributed by atoms with E-state index in [4.69, 9.17) is 9.47 Å². The van der Waals surface area contributed by atoms with Crippen LogP contribution in [0.4, 0.5) is 0 Å². The zero-order valence-electron chi connectivity index (χ0n) is 18.1. The van der Waals surface area contributed by atoms with Crippen molar-refractivity contribution in [2.75, 3.05) is 7.11 Å². The lowest BCUT2D eigenvalue weighted by atomic mass is 9.89. The van der Waals surface area contributed by atoms with Crippen LogP contribution in [0.15, 0.2) is 60.9 Å². The number of fused-ring (bicyclic) bond motifs is 1. The second-order valence-electron chi connectivity index (χ2n) is 7.94. The van der Waals surface area contributed by atoms with Crippen LogP contribution < -0.4 is 14.8 Å². The average molecular weight is 417 g/mol. The van der Waals surface area contributed by atoms with Gasteiger partial charge in [0.1, 0.15) is 6.61 Å². The van der Waals surface area contributed by atoms with E-state index in [9.17, 15) is 4.79 Å². The van der Waals surface area contributed by atoms with Gasteiger partial charge in [0.25, 0.3) is 5.91 Å². The van der Waals surface area contributed by atoms with Crippen molar-refractivity contribution in [3.8, 4) is 11.5 Å². The van der Waals surface area contributed by atoms with Crippen molar-refractivity contribution >= 4 is 5.91 Å². The van der Waals surface area contributed by atoms with Gasteiger partial charge in [0.05, 0.1) is 13.2 Å². The Morgan fingerprint density at radius 1 is 1.00 bits per heavy atom. The van der Waals surface area contributed by atoms with Gasteiger partial charge in [-0.05, 0) is 85.2 Å². The first-order valence-electron chi connectivity index (χ1n) is 10.8. The molecule has 2 aromatic carbocycles. The molecule has 1 aromatic heterocycles. The van der Waals surface area contributed by atoms with Crippen LogP contribution in [0.25, 0.3) is 0 Å². The van der Waals surface area contributed by atoms with Crippen LogP contribution in [-0.2, 0) is 19.4 Å². The number of hydrogen-bond donors (Lipinski definition) is 1. The highest BCUT2D eigenvalue weighted by Gasteiger charge is 2.17. The number of carbonyl (C=O) groups excluding carboxylic acids is 1. The molecule has 160 valence electrons. The molecule has 1 atom stereocenters. The highest BCUT2D eigenvalue weighted by molar-refractivity contribution is 5.95. The monoisotopic (exact) mass is 416 g/mol. The first-order valence-corrected chi connectivity index (χ1v) is 10.8. The molecule has 31 heavy (non-hydrogen) atoms. The Morgan fingerprint density at radius 2 is 1.77 bits per heavy atom. The van der Waals surface area contributed by atoms with E-state index in [1.807, 2.05) is 19.1 Å². The fraction of sp³-hybridized carbons (Fsp3) is 0.308. The van der Waals surface area contributed by atoms with Crippen LogP contribution >= 0.6 is 0 Å². The molecular formula is C26H28N2O3. The van der Waals surface area contributed by atoms with Crippen LogP contribution in [0.2, 0.25) is 0 Å². The Balaban J connectivity index is 1.46. The van der Waals surface area contributed by atoms with Crippen molar-refractivity contribution in [2.24, 2.45) is 0 Å². The summed E-state index contributed by atoms with van der Waals surface area (Å²) in [6.07, 6.45) is 8.24. The van der Waals surface area contributed by atoms with E-state index in [0.717, 1.165) is 24.0 Å². The molecule has 3 aromatic rings. The van der Waals surface area contributed by atoms with Crippen LogP contribution in [-0.4, -0.2) is 18.0 Å². The number of benzene rings is 2. The summed E-state index contributed by atoms with van der Waals surface area (Å²) in [7, 11) is 1.59. The molecule has 5 heteroatoms. The summed E-state index contributed by atoms with van der Waals surface area (Å²) in [6.45, 7) is 2.39. The Bertz CT molecular complexity index is 1050. The van der Waals surface area contributed by atoms with Crippen molar-refractivity contribution < 1.29 is 14.3 Å². The maximum absolute atomic E-state index is 12.9. The second kappa shape index (κ2) is 9.65. The van der Waals surface area contributed by atoms with E-state index in [1.54, 1.807) is 37.7 Å². The van der Waals surface area contributed by atoms with E-state index in [2.05, 4.69) is 28.5 Å². The minimum absolute atomic E-state index is 0.0805. The van der Waals surface area contributed by atoms with Gasteiger partial charge in [-0.2, -0.15) is 0 Å². The highest BCUT2D eigenvalue weighted by Crippen LogP contribution is 2.29. The van der Waals surface area contributed by atoms with Gasteiger partial charge in [-0.25, -0.2) is 0 Å². The van der Waals surface area contributed by atoms with Gasteiger partial charge in [-0.15, -0.1) is 0 Å². The number of aromatic nitrogens is 1. The van der Waals surface area contributed by atoms with Crippen molar-refractivity contribution in [3.63, 3.8) is 0 Å². The Hall–Kier alpha value is -3.34. The van der Waals surface area contributed by atoms with Crippen LogP contribution in [0.1, 0.15) is 58.4 Å². The Morgan fingerprint density at radius 3 is 2.55 bits per heavy atom. The third-order valence-corrected chi connectivity index (χ3v) is 5.79. The molecule has 5 nitrogen and oxygen atoms in total. The van der Waals surface area contributed by atoms with Crippen molar-refractivity contribution in [3.05, 3.63) is 88.7 Å². The summed E-state index contributed by atoms with van der Waals surface area (Å²) in [6, 6.07) is 15.5. The summed E-state index contributed by atoms with van der Waals surface area (Å²) in [5, 5.41) is 3.11. The molecule has 1 N–H and O–H groups in total. The van der Waals surface area contributed by atoms with E-state index >= 15 is 0 Å². The number of amides is 1. The summed E-state index contributed by atoms with van der Waals surface area (Å²) < 4.78 is 11.3. The van der Waals surface area contributed by atoms with Gasteiger partial charge in [-0.3, -0.25) is 9.78 Å². The number of hydrogen-bond acceptors (Lipinski definition) is 4. The quantitative estimate of drug-likeness (QED) is 0.586. The summed E-state index contributed by atoms with van der Waals surface area (Å²) >= 11 is 0. The molecule has 0 unspecified atom stereocenters. The molecule has 0 saturated heterocycles. The average Bonchev–Trinajstić information content (AvgIpc) is 2.82. The topological polar surface area (TPSA) is 60.5 Å². The van der Waals surface area contributed by atoms with Crippen molar-refractivity contribution in [2.45, 2.75) is 45.3 Å². The summed E-state index contributed by atoms with van der Waals surface area (Å²) in [4.78, 5) is 16.9. The minimum Gasteiger partial charge on any atom is -0.493 e. The lowest BCUT2D eigenvalue weighted by Gasteiger charge is -2.20. The Kier molecular flexibility index (Phi) is 6.51. The molecule has 1 heterocycles.